The monoisotopic (exact) mass is 356 g/mol. The van der Waals surface area contributed by atoms with Gasteiger partial charge in [0.15, 0.2) is 0 Å². The maximum atomic E-state index is 12.2. The van der Waals surface area contributed by atoms with E-state index in [0.29, 0.717) is 11.4 Å². The molecule has 0 aliphatic heterocycles. The van der Waals surface area contributed by atoms with E-state index >= 15 is 0 Å². The minimum atomic E-state index is -0.270. The first-order valence-electron chi connectivity index (χ1n) is 8.19. The Labute approximate surface area is 153 Å². The molecule has 1 aromatic carbocycles. The number of nitrogens with one attached hydrogen (secondary N) is 1. The Morgan fingerprint density at radius 1 is 1.27 bits per heavy atom. The summed E-state index contributed by atoms with van der Waals surface area (Å²) in [6, 6.07) is 7.00. The zero-order chi connectivity index (χ0) is 19.3. The molecule has 1 heterocycles. The molecule has 2 amide bonds. The Kier molecular flexibility index (Phi) is 6.16. The van der Waals surface area contributed by atoms with Crippen molar-refractivity contribution in [1.29, 1.82) is 0 Å². The second-order valence-corrected chi connectivity index (χ2v) is 6.01. The van der Waals surface area contributed by atoms with E-state index in [4.69, 9.17) is 4.74 Å². The van der Waals surface area contributed by atoms with Crippen molar-refractivity contribution in [3.8, 4) is 5.75 Å². The normalized spacial score (nSPS) is 10.8. The van der Waals surface area contributed by atoms with Gasteiger partial charge in [-0.1, -0.05) is 0 Å². The number of ether oxygens (including phenoxy) is 1. The highest BCUT2D eigenvalue weighted by Crippen LogP contribution is 2.15. The first-order chi connectivity index (χ1) is 12.3. The van der Waals surface area contributed by atoms with Crippen molar-refractivity contribution in [3.63, 3.8) is 0 Å². The predicted molar refractivity (Wildman–Crippen MR) is 101 cm³/mol. The highest BCUT2D eigenvalue weighted by molar-refractivity contribution is 5.98. The van der Waals surface area contributed by atoms with Gasteiger partial charge in [0.1, 0.15) is 5.75 Å². The van der Waals surface area contributed by atoms with Crippen LogP contribution in [0.5, 0.6) is 5.75 Å². The van der Waals surface area contributed by atoms with E-state index in [1.165, 1.54) is 11.0 Å². The van der Waals surface area contributed by atoms with Gasteiger partial charge >= 0.3 is 0 Å². The number of carbonyl (C=O) groups excluding carboxylic acids is 2. The van der Waals surface area contributed by atoms with Crippen LogP contribution in [0.15, 0.2) is 30.3 Å². The molecular formula is C19H24N4O3. The number of amides is 2. The van der Waals surface area contributed by atoms with Crippen molar-refractivity contribution in [2.45, 2.75) is 13.8 Å². The number of likely N-dealkylation sites (N-methyl/N-ethyl adjacent to an activating group) is 1. The fraction of sp³-hybridized carbons (Fsp3) is 0.316. The third kappa shape index (κ3) is 4.72. The van der Waals surface area contributed by atoms with Crippen LogP contribution < -0.4 is 10.1 Å². The van der Waals surface area contributed by atoms with Gasteiger partial charge in [0.05, 0.1) is 19.3 Å². The molecule has 26 heavy (non-hydrogen) atoms. The van der Waals surface area contributed by atoms with E-state index in [-0.39, 0.29) is 18.4 Å². The molecule has 0 radical (unpaired) electrons. The zero-order valence-electron chi connectivity index (χ0n) is 15.7. The number of benzene rings is 1. The summed E-state index contributed by atoms with van der Waals surface area (Å²) in [5.74, 6) is 0.187. The molecule has 2 aromatic rings. The Hall–Kier alpha value is -3.09. The van der Waals surface area contributed by atoms with Gasteiger partial charge in [0.25, 0.3) is 0 Å². The van der Waals surface area contributed by atoms with Crippen molar-refractivity contribution in [2.24, 2.45) is 7.05 Å². The van der Waals surface area contributed by atoms with Crippen LogP contribution in [-0.2, 0) is 16.6 Å². The van der Waals surface area contributed by atoms with Crippen LogP contribution in [0.1, 0.15) is 17.0 Å². The fourth-order valence-electron chi connectivity index (χ4n) is 2.48. The lowest BCUT2D eigenvalue weighted by Crippen LogP contribution is -2.33. The molecule has 0 aliphatic carbocycles. The van der Waals surface area contributed by atoms with Gasteiger partial charge in [-0.25, -0.2) is 0 Å². The number of aromatic nitrogens is 2. The molecular weight excluding hydrogens is 332 g/mol. The third-order valence-corrected chi connectivity index (χ3v) is 4.09. The van der Waals surface area contributed by atoms with Gasteiger partial charge in [0, 0.05) is 37.1 Å². The van der Waals surface area contributed by atoms with Crippen LogP contribution in [-0.4, -0.2) is 47.2 Å². The molecule has 1 N–H and O–H groups in total. The number of methoxy groups -OCH3 is 1. The lowest BCUT2D eigenvalue weighted by Gasteiger charge is -2.15. The summed E-state index contributed by atoms with van der Waals surface area (Å²) in [5.41, 5.74) is 3.39. The van der Waals surface area contributed by atoms with Crippen molar-refractivity contribution >= 4 is 23.6 Å². The number of carbonyl (C=O) groups is 2. The molecule has 1 aromatic heterocycles. The molecule has 2 rings (SSSR count). The first-order valence-corrected chi connectivity index (χ1v) is 8.19. The van der Waals surface area contributed by atoms with E-state index in [1.807, 2.05) is 20.9 Å². The lowest BCUT2D eigenvalue weighted by atomic mass is 10.2. The maximum Gasteiger partial charge on any atom is 0.246 e. The van der Waals surface area contributed by atoms with Crippen LogP contribution in [0, 0.1) is 13.8 Å². The molecule has 0 spiro atoms. The summed E-state index contributed by atoms with van der Waals surface area (Å²) in [5, 5.41) is 7.06. The second-order valence-electron chi connectivity index (χ2n) is 6.01. The SMILES string of the molecule is COc1ccc(NC(=O)CN(C)C(=O)/C=C/c2c(C)nn(C)c2C)cc1. The van der Waals surface area contributed by atoms with Crippen LogP contribution >= 0.6 is 0 Å². The largest absolute Gasteiger partial charge is 0.497 e. The number of anilines is 1. The summed E-state index contributed by atoms with van der Waals surface area (Å²) < 4.78 is 6.84. The molecule has 0 aliphatic rings. The van der Waals surface area contributed by atoms with Gasteiger partial charge in [-0.15, -0.1) is 0 Å². The fourth-order valence-corrected chi connectivity index (χ4v) is 2.48. The van der Waals surface area contributed by atoms with Crippen molar-refractivity contribution in [2.75, 3.05) is 26.0 Å². The van der Waals surface area contributed by atoms with E-state index in [0.717, 1.165) is 17.0 Å². The Morgan fingerprint density at radius 2 is 1.92 bits per heavy atom. The second kappa shape index (κ2) is 8.33. The van der Waals surface area contributed by atoms with Gasteiger partial charge < -0.3 is 15.0 Å². The lowest BCUT2D eigenvalue weighted by molar-refractivity contribution is -0.129. The average Bonchev–Trinajstić information content (AvgIpc) is 2.85. The topological polar surface area (TPSA) is 76.5 Å². The molecule has 7 heteroatoms. The number of hydrogen-bond acceptors (Lipinski definition) is 4. The van der Waals surface area contributed by atoms with Crippen molar-refractivity contribution in [1.82, 2.24) is 14.7 Å². The van der Waals surface area contributed by atoms with Crippen LogP contribution in [0.4, 0.5) is 5.69 Å². The number of nitrogens with zero attached hydrogens (tertiary/aromatic N) is 3. The molecule has 0 saturated heterocycles. The van der Waals surface area contributed by atoms with Crippen molar-refractivity contribution in [3.05, 3.63) is 47.3 Å². The van der Waals surface area contributed by atoms with Crippen molar-refractivity contribution < 1.29 is 14.3 Å². The van der Waals surface area contributed by atoms with Crippen LogP contribution in [0.3, 0.4) is 0 Å². The third-order valence-electron chi connectivity index (χ3n) is 4.09. The van der Waals surface area contributed by atoms with E-state index in [9.17, 15) is 9.59 Å². The molecule has 0 fully saturated rings. The summed E-state index contributed by atoms with van der Waals surface area (Å²) in [6.45, 7) is 3.79. The number of hydrogen-bond donors (Lipinski definition) is 1. The average molecular weight is 356 g/mol. The summed E-state index contributed by atoms with van der Waals surface area (Å²) in [7, 11) is 5.02. The van der Waals surface area contributed by atoms with Gasteiger partial charge in [-0.05, 0) is 44.2 Å². The molecule has 138 valence electrons. The smallest absolute Gasteiger partial charge is 0.246 e. The highest BCUT2D eigenvalue weighted by Gasteiger charge is 2.12. The predicted octanol–water partition coefficient (Wildman–Crippen LogP) is 2.16. The van der Waals surface area contributed by atoms with Crippen LogP contribution in [0.2, 0.25) is 0 Å². The first kappa shape index (κ1) is 19.2. The number of aryl methyl sites for hydroxylation is 2. The van der Waals surface area contributed by atoms with E-state index in [2.05, 4.69) is 10.4 Å². The highest BCUT2D eigenvalue weighted by atomic mass is 16.5. The van der Waals surface area contributed by atoms with E-state index in [1.54, 1.807) is 49.2 Å². The quantitative estimate of drug-likeness (QED) is 0.805. The molecule has 0 saturated carbocycles. The zero-order valence-corrected chi connectivity index (χ0v) is 15.7. The van der Waals surface area contributed by atoms with Crippen LogP contribution in [0.25, 0.3) is 6.08 Å². The minimum absolute atomic E-state index is 0.0415. The molecule has 0 bridgehead atoms. The Bertz CT molecular complexity index is 822. The summed E-state index contributed by atoms with van der Waals surface area (Å²) >= 11 is 0. The number of rotatable bonds is 6. The standard InChI is InChI=1S/C19H24N4O3/c1-13-17(14(2)23(4)21-13)10-11-19(25)22(3)12-18(24)20-15-6-8-16(26-5)9-7-15/h6-11H,12H2,1-5H3,(H,20,24)/b11-10+. The summed E-state index contributed by atoms with van der Waals surface area (Å²) in [6.07, 6.45) is 3.19. The molecule has 7 nitrogen and oxygen atoms in total. The molecule has 0 unspecified atom stereocenters. The minimum Gasteiger partial charge on any atom is -0.497 e. The molecule has 0 atom stereocenters. The van der Waals surface area contributed by atoms with Gasteiger partial charge in [0.2, 0.25) is 11.8 Å². The van der Waals surface area contributed by atoms with E-state index < -0.39 is 0 Å². The maximum absolute atomic E-state index is 12.2. The summed E-state index contributed by atoms with van der Waals surface area (Å²) in [4.78, 5) is 25.7. The Morgan fingerprint density at radius 3 is 2.46 bits per heavy atom. The van der Waals surface area contributed by atoms with Gasteiger partial charge in [-0.2, -0.15) is 5.10 Å². The van der Waals surface area contributed by atoms with Gasteiger partial charge in [-0.3, -0.25) is 14.3 Å². The Balaban J connectivity index is 1.93.